The molecule has 1 fully saturated rings. The highest BCUT2D eigenvalue weighted by molar-refractivity contribution is 6.01. The largest absolute Gasteiger partial charge is 0.493 e. The van der Waals surface area contributed by atoms with Crippen LogP contribution in [0.2, 0.25) is 0 Å². The second-order valence-electron chi connectivity index (χ2n) is 7.52. The fourth-order valence-electron chi connectivity index (χ4n) is 3.69. The zero-order valence-electron chi connectivity index (χ0n) is 18.2. The second-order valence-corrected chi connectivity index (χ2v) is 7.52. The third kappa shape index (κ3) is 5.21. The zero-order valence-corrected chi connectivity index (χ0v) is 18.2. The van der Waals surface area contributed by atoms with E-state index in [0.717, 1.165) is 24.8 Å². The monoisotopic (exact) mass is 482 g/mol. The molecule has 2 aromatic carbocycles. The number of nitro benzene ring substituents is 1. The van der Waals surface area contributed by atoms with Crippen molar-refractivity contribution in [2.45, 2.75) is 25.2 Å². The lowest BCUT2D eigenvalue weighted by molar-refractivity contribution is -0.385. The van der Waals surface area contributed by atoms with Gasteiger partial charge in [-0.1, -0.05) is 30.3 Å². The van der Waals surface area contributed by atoms with Gasteiger partial charge in [0.05, 0.1) is 31.1 Å². The highest BCUT2D eigenvalue weighted by Crippen LogP contribution is 2.40. The Hall–Kier alpha value is -3.83. The summed E-state index contributed by atoms with van der Waals surface area (Å²) in [6.07, 6.45) is -5.37. The van der Waals surface area contributed by atoms with Crippen LogP contribution >= 0.6 is 0 Å². The van der Waals surface area contributed by atoms with Gasteiger partial charge in [0.1, 0.15) is 18.2 Å². The maximum absolute atomic E-state index is 13.3. The molecule has 1 heterocycles. The molecule has 1 aliphatic heterocycles. The van der Waals surface area contributed by atoms with E-state index >= 15 is 0 Å². The van der Waals surface area contributed by atoms with Crippen molar-refractivity contribution in [3.05, 3.63) is 63.7 Å². The average molecular weight is 482 g/mol. The number of likely N-dealkylation sites (tertiary alicyclic amines) is 1. The van der Waals surface area contributed by atoms with Crippen molar-refractivity contribution in [2.75, 3.05) is 20.8 Å². The molecule has 0 aliphatic carbocycles. The minimum absolute atomic E-state index is 0.0336. The summed E-state index contributed by atoms with van der Waals surface area (Å²) in [6, 6.07) is 9.37. The molecule has 3 rings (SSSR count). The van der Waals surface area contributed by atoms with Gasteiger partial charge in [-0.2, -0.15) is 13.2 Å². The first-order valence-corrected chi connectivity index (χ1v) is 10.1. The maximum atomic E-state index is 13.3. The van der Waals surface area contributed by atoms with Crippen molar-refractivity contribution < 1.29 is 41.9 Å². The molecule has 12 heteroatoms. The molecule has 0 saturated carbocycles. The van der Waals surface area contributed by atoms with E-state index in [-0.39, 0.29) is 18.1 Å². The lowest BCUT2D eigenvalue weighted by Crippen LogP contribution is -2.41. The number of esters is 1. The van der Waals surface area contributed by atoms with Gasteiger partial charge < -0.3 is 19.1 Å². The molecule has 9 nitrogen and oxygen atoms in total. The lowest BCUT2D eigenvalue weighted by Gasteiger charge is -2.23. The van der Waals surface area contributed by atoms with Crippen LogP contribution in [0.25, 0.3) is 0 Å². The molecular weight excluding hydrogens is 461 g/mol. The fraction of sp³-hybridized carbons (Fsp3) is 0.364. The Kier molecular flexibility index (Phi) is 7.28. The number of rotatable bonds is 7. The van der Waals surface area contributed by atoms with Crippen molar-refractivity contribution in [3.8, 4) is 11.5 Å². The summed E-state index contributed by atoms with van der Waals surface area (Å²) in [4.78, 5) is 36.8. The number of nitro groups is 1. The molecule has 0 unspecified atom stereocenters. The smallest absolute Gasteiger partial charge is 0.393 e. The second kappa shape index (κ2) is 9.98. The Morgan fingerprint density at radius 1 is 1.15 bits per heavy atom. The first-order chi connectivity index (χ1) is 16.1. The van der Waals surface area contributed by atoms with E-state index in [4.69, 9.17) is 9.47 Å². The summed E-state index contributed by atoms with van der Waals surface area (Å²) < 4.78 is 55.3. The van der Waals surface area contributed by atoms with Gasteiger partial charge >= 0.3 is 12.1 Å². The highest BCUT2D eigenvalue weighted by Gasteiger charge is 2.52. The summed E-state index contributed by atoms with van der Waals surface area (Å²) in [5.74, 6) is -4.21. The molecule has 0 bridgehead atoms. The molecular formula is C22H21F3N2O7. The number of alkyl halides is 3. The van der Waals surface area contributed by atoms with E-state index in [9.17, 15) is 32.9 Å². The lowest BCUT2D eigenvalue weighted by atomic mass is 10.1. The molecule has 2 atom stereocenters. The van der Waals surface area contributed by atoms with Crippen LogP contribution in [0.4, 0.5) is 18.9 Å². The number of halogens is 3. The number of methoxy groups -OCH3 is 2. The van der Waals surface area contributed by atoms with Crippen molar-refractivity contribution in [1.29, 1.82) is 0 Å². The van der Waals surface area contributed by atoms with Crippen molar-refractivity contribution in [1.82, 2.24) is 4.90 Å². The van der Waals surface area contributed by atoms with Crippen LogP contribution in [0.5, 0.6) is 11.5 Å². The number of amides is 1. The molecule has 2 aromatic rings. The number of hydrogen-bond donors (Lipinski definition) is 0. The van der Waals surface area contributed by atoms with Gasteiger partial charge in [0.25, 0.3) is 11.6 Å². The predicted molar refractivity (Wildman–Crippen MR) is 111 cm³/mol. The van der Waals surface area contributed by atoms with E-state index in [1.807, 2.05) is 0 Å². The molecule has 0 N–H and O–H groups in total. The van der Waals surface area contributed by atoms with Gasteiger partial charge in [0, 0.05) is 12.6 Å². The summed E-state index contributed by atoms with van der Waals surface area (Å²) in [5.41, 5.74) is -0.470. The van der Waals surface area contributed by atoms with Gasteiger partial charge in [-0.25, -0.2) is 4.79 Å². The summed E-state index contributed by atoms with van der Waals surface area (Å²) in [5, 5.41) is 11.7. The van der Waals surface area contributed by atoms with Gasteiger partial charge in [-0.3, -0.25) is 14.9 Å². The van der Waals surface area contributed by atoms with E-state index in [0.29, 0.717) is 4.90 Å². The summed E-state index contributed by atoms with van der Waals surface area (Å²) in [6.45, 7) is -0.792. The van der Waals surface area contributed by atoms with Crippen LogP contribution in [0, 0.1) is 16.0 Å². The number of nitrogens with zero attached hydrogens (tertiary/aromatic N) is 2. The molecule has 1 saturated heterocycles. The van der Waals surface area contributed by atoms with E-state index < -0.39 is 59.2 Å². The Balaban J connectivity index is 1.97. The van der Waals surface area contributed by atoms with Gasteiger partial charge in [-0.15, -0.1) is 0 Å². The van der Waals surface area contributed by atoms with Crippen molar-refractivity contribution >= 4 is 17.6 Å². The number of hydrogen-bond acceptors (Lipinski definition) is 7. The summed E-state index contributed by atoms with van der Waals surface area (Å²) >= 11 is 0. The standard InChI is InChI=1S/C22H21F3N2O7/c1-32-18-9-15(16(27(30)31)10-19(18)34-12-13-6-4-3-5-7-13)20(28)26-11-14(22(23,24)25)8-17(26)21(29)33-2/h3-7,9-10,14,17H,8,11-12H2,1-2H3/t14-,17+/m0/s1. The van der Waals surface area contributed by atoms with Gasteiger partial charge in [0.2, 0.25) is 0 Å². The maximum Gasteiger partial charge on any atom is 0.393 e. The molecule has 182 valence electrons. The fourth-order valence-corrected chi connectivity index (χ4v) is 3.69. The highest BCUT2D eigenvalue weighted by atomic mass is 19.4. The van der Waals surface area contributed by atoms with Crippen LogP contribution in [-0.4, -0.2) is 54.7 Å². The zero-order chi connectivity index (χ0) is 25.0. The van der Waals surface area contributed by atoms with Crippen molar-refractivity contribution in [3.63, 3.8) is 0 Å². The normalized spacial score (nSPS) is 17.9. The SMILES string of the molecule is COC(=O)[C@H]1C[C@H](C(F)(F)F)CN1C(=O)c1cc(OC)c(OCc2ccccc2)cc1[N+](=O)[O-]. The van der Waals surface area contributed by atoms with Crippen LogP contribution < -0.4 is 9.47 Å². The Bertz CT molecular complexity index is 1080. The van der Waals surface area contributed by atoms with E-state index in [2.05, 4.69) is 4.74 Å². The Morgan fingerprint density at radius 2 is 1.82 bits per heavy atom. The number of carbonyl (C=O) groups excluding carboxylic acids is 2. The van der Waals surface area contributed by atoms with Gasteiger partial charge in [0.15, 0.2) is 11.5 Å². The minimum Gasteiger partial charge on any atom is -0.493 e. The third-order valence-electron chi connectivity index (χ3n) is 5.44. The Labute approximate surface area is 192 Å². The van der Waals surface area contributed by atoms with E-state index in [1.54, 1.807) is 30.3 Å². The predicted octanol–water partition coefficient (Wildman–Crippen LogP) is 3.75. The van der Waals surface area contributed by atoms with Crippen molar-refractivity contribution in [2.24, 2.45) is 5.92 Å². The Morgan fingerprint density at radius 3 is 2.38 bits per heavy atom. The van der Waals surface area contributed by atoms with E-state index in [1.165, 1.54) is 7.11 Å². The van der Waals surface area contributed by atoms with Gasteiger partial charge in [-0.05, 0) is 12.0 Å². The topological polar surface area (TPSA) is 108 Å². The number of benzene rings is 2. The number of carbonyl (C=O) groups is 2. The van der Waals surface area contributed by atoms with Crippen LogP contribution in [0.15, 0.2) is 42.5 Å². The van der Waals surface area contributed by atoms with Crippen LogP contribution in [-0.2, 0) is 16.1 Å². The summed E-state index contributed by atoms with van der Waals surface area (Å²) in [7, 11) is 2.23. The molecule has 0 spiro atoms. The minimum atomic E-state index is -4.67. The molecule has 1 amide bonds. The quantitative estimate of drug-likeness (QED) is 0.336. The van der Waals surface area contributed by atoms with Crippen LogP contribution in [0.1, 0.15) is 22.3 Å². The molecule has 0 radical (unpaired) electrons. The molecule has 0 aromatic heterocycles. The first kappa shape index (κ1) is 24.8. The average Bonchev–Trinajstić information content (AvgIpc) is 3.28. The molecule has 1 aliphatic rings. The van der Waals surface area contributed by atoms with Crippen LogP contribution in [0.3, 0.4) is 0 Å². The number of ether oxygens (including phenoxy) is 3. The molecule has 34 heavy (non-hydrogen) atoms. The third-order valence-corrected chi connectivity index (χ3v) is 5.44. The first-order valence-electron chi connectivity index (χ1n) is 10.1.